The molecule has 0 spiro atoms. The Morgan fingerprint density at radius 2 is 1.64 bits per heavy atom. The zero-order valence-electron chi connectivity index (χ0n) is 14.1. The molecule has 2 aromatic carbocycles. The predicted molar refractivity (Wildman–Crippen MR) is 112 cm³/mol. The second kappa shape index (κ2) is 12.1. The summed E-state index contributed by atoms with van der Waals surface area (Å²) >= 11 is 0. The van der Waals surface area contributed by atoms with Crippen molar-refractivity contribution in [3.8, 4) is 5.75 Å². The van der Waals surface area contributed by atoms with Gasteiger partial charge in [0.1, 0.15) is 12.4 Å². The average Bonchev–Trinajstić information content (AvgIpc) is 2.63. The van der Waals surface area contributed by atoms with Crippen molar-refractivity contribution in [1.82, 2.24) is 10.6 Å². The number of amides is 1. The number of benzene rings is 2. The molecule has 0 unspecified atom stereocenters. The maximum absolute atomic E-state index is 11.9. The van der Waals surface area contributed by atoms with E-state index in [-0.39, 0.29) is 36.4 Å². The maximum atomic E-state index is 11.9. The highest BCUT2D eigenvalue weighted by molar-refractivity contribution is 14.0. The summed E-state index contributed by atoms with van der Waals surface area (Å²) < 4.78 is 5.58. The Labute approximate surface area is 165 Å². The highest BCUT2D eigenvalue weighted by Gasteiger charge is 2.04. The van der Waals surface area contributed by atoms with Crippen molar-refractivity contribution >= 4 is 41.5 Å². The molecular weight excluding hydrogens is 431 g/mol. The van der Waals surface area contributed by atoms with Crippen LogP contribution in [-0.4, -0.2) is 38.6 Å². The molecule has 2 rings (SSSR count). The fraction of sp³-hybridized carbons (Fsp3) is 0.222. The minimum Gasteiger partial charge on any atom is -0.492 e. The third-order valence-corrected chi connectivity index (χ3v) is 3.10. The summed E-state index contributed by atoms with van der Waals surface area (Å²) in [5, 5.41) is 8.85. The normalized spacial score (nSPS) is 10.4. The van der Waals surface area contributed by atoms with Crippen molar-refractivity contribution in [2.75, 3.05) is 32.1 Å². The molecule has 0 aliphatic heterocycles. The summed E-state index contributed by atoms with van der Waals surface area (Å²) in [6.45, 7) is 1.21. The molecule has 7 heteroatoms. The fourth-order valence-electron chi connectivity index (χ4n) is 1.97. The van der Waals surface area contributed by atoms with E-state index in [1.165, 1.54) is 0 Å². The Morgan fingerprint density at radius 1 is 1.00 bits per heavy atom. The van der Waals surface area contributed by atoms with Crippen molar-refractivity contribution in [3.05, 3.63) is 60.7 Å². The van der Waals surface area contributed by atoms with Gasteiger partial charge >= 0.3 is 0 Å². The minimum atomic E-state index is -0.135. The first-order chi connectivity index (χ1) is 11.8. The van der Waals surface area contributed by atoms with Gasteiger partial charge < -0.3 is 20.7 Å². The molecule has 0 fully saturated rings. The number of halogens is 1. The Morgan fingerprint density at radius 3 is 2.28 bits per heavy atom. The van der Waals surface area contributed by atoms with Gasteiger partial charge in [0.05, 0.1) is 13.1 Å². The van der Waals surface area contributed by atoms with Crippen molar-refractivity contribution in [3.63, 3.8) is 0 Å². The van der Waals surface area contributed by atoms with Crippen LogP contribution in [0.2, 0.25) is 0 Å². The summed E-state index contributed by atoms with van der Waals surface area (Å²) in [6.07, 6.45) is 0. The van der Waals surface area contributed by atoms with Crippen LogP contribution in [0.1, 0.15) is 0 Å². The average molecular weight is 454 g/mol. The molecule has 0 heterocycles. The van der Waals surface area contributed by atoms with Crippen molar-refractivity contribution in [2.24, 2.45) is 4.99 Å². The van der Waals surface area contributed by atoms with E-state index in [0.717, 1.165) is 11.4 Å². The monoisotopic (exact) mass is 454 g/mol. The van der Waals surface area contributed by atoms with Crippen LogP contribution in [-0.2, 0) is 4.79 Å². The molecule has 0 aliphatic rings. The number of guanidine groups is 1. The third kappa shape index (κ3) is 8.39. The lowest BCUT2D eigenvalue weighted by Crippen LogP contribution is -2.42. The predicted octanol–water partition coefficient (Wildman–Crippen LogP) is 2.49. The number of nitrogens with zero attached hydrogens (tertiary/aromatic N) is 1. The van der Waals surface area contributed by atoms with E-state index in [0.29, 0.717) is 19.1 Å². The number of aliphatic imine (C=N–C) groups is 1. The Bertz CT molecular complexity index is 651. The number of rotatable bonds is 7. The number of carbonyl (C=O) groups is 1. The molecule has 0 saturated heterocycles. The quantitative estimate of drug-likeness (QED) is 0.260. The van der Waals surface area contributed by atoms with Crippen LogP contribution >= 0.6 is 24.0 Å². The van der Waals surface area contributed by atoms with E-state index >= 15 is 0 Å². The molecule has 2 aromatic rings. The summed E-state index contributed by atoms with van der Waals surface area (Å²) in [4.78, 5) is 15.9. The first kappa shape index (κ1) is 20.8. The van der Waals surface area contributed by atoms with Crippen LogP contribution in [0.15, 0.2) is 65.7 Å². The summed E-state index contributed by atoms with van der Waals surface area (Å²) in [6, 6.07) is 18.9. The second-order valence-electron chi connectivity index (χ2n) is 4.93. The van der Waals surface area contributed by atoms with Crippen LogP contribution in [0, 0.1) is 0 Å². The van der Waals surface area contributed by atoms with Crippen molar-refractivity contribution < 1.29 is 9.53 Å². The minimum absolute atomic E-state index is 0. The lowest BCUT2D eigenvalue weighted by molar-refractivity contribution is -0.115. The molecule has 0 radical (unpaired) electrons. The van der Waals surface area contributed by atoms with E-state index in [9.17, 15) is 4.79 Å². The molecule has 0 aromatic heterocycles. The van der Waals surface area contributed by atoms with E-state index in [2.05, 4.69) is 20.9 Å². The molecule has 0 bridgehead atoms. The first-order valence-electron chi connectivity index (χ1n) is 7.75. The van der Waals surface area contributed by atoms with E-state index < -0.39 is 0 Å². The topological polar surface area (TPSA) is 74.8 Å². The number of para-hydroxylation sites is 2. The van der Waals surface area contributed by atoms with Crippen molar-refractivity contribution in [1.29, 1.82) is 0 Å². The van der Waals surface area contributed by atoms with Crippen molar-refractivity contribution in [2.45, 2.75) is 0 Å². The van der Waals surface area contributed by atoms with Gasteiger partial charge in [-0.3, -0.25) is 9.79 Å². The Hall–Kier alpha value is -2.29. The maximum Gasteiger partial charge on any atom is 0.243 e. The third-order valence-electron chi connectivity index (χ3n) is 3.10. The van der Waals surface area contributed by atoms with Crippen LogP contribution in [0.5, 0.6) is 5.75 Å². The summed E-state index contributed by atoms with van der Waals surface area (Å²) in [5.74, 6) is 1.24. The molecule has 6 nitrogen and oxygen atoms in total. The highest BCUT2D eigenvalue weighted by atomic mass is 127. The van der Waals surface area contributed by atoms with Gasteiger partial charge in [0.25, 0.3) is 0 Å². The number of anilines is 1. The van der Waals surface area contributed by atoms with Crippen LogP contribution < -0.4 is 20.7 Å². The molecule has 0 saturated carbocycles. The largest absolute Gasteiger partial charge is 0.492 e. The SMILES string of the molecule is CN=C(NCCOc1ccccc1)NCC(=O)Nc1ccccc1.I. The smallest absolute Gasteiger partial charge is 0.243 e. The van der Waals surface area contributed by atoms with Gasteiger partial charge in [0, 0.05) is 12.7 Å². The molecule has 0 aliphatic carbocycles. The van der Waals surface area contributed by atoms with Gasteiger partial charge in [0.15, 0.2) is 5.96 Å². The lowest BCUT2D eigenvalue weighted by atomic mass is 10.3. The number of carbonyl (C=O) groups excluding carboxylic acids is 1. The fourth-order valence-corrected chi connectivity index (χ4v) is 1.97. The van der Waals surface area contributed by atoms with E-state index in [1.54, 1.807) is 7.05 Å². The number of nitrogens with one attached hydrogen (secondary N) is 3. The standard InChI is InChI=1S/C18H22N4O2.HI/c1-19-18(20-12-13-24-16-10-6-3-7-11-16)21-14-17(23)22-15-8-4-2-5-9-15;/h2-11H,12-14H2,1H3,(H,22,23)(H2,19,20,21);1H. The first-order valence-corrected chi connectivity index (χ1v) is 7.75. The zero-order chi connectivity index (χ0) is 17.0. The van der Waals surface area contributed by atoms with Gasteiger partial charge in [-0.05, 0) is 24.3 Å². The number of hydrogen-bond acceptors (Lipinski definition) is 3. The summed E-state index contributed by atoms with van der Waals surface area (Å²) in [7, 11) is 1.66. The summed E-state index contributed by atoms with van der Waals surface area (Å²) in [5.41, 5.74) is 0.767. The Kier molecular flexibility index (Phi) is 10.1. The molecule has 1 amide bonds. The Balaban J connectivity index is 0.00000312. The number of hydrogen-bond donors (Lipinski definition) is 3. The van der Waals surface area contributed by atoms with Crippen LogP contribution in [0.4, 0.5) is 5.69 Å². The lowest BCUT2D eigenvalue weighted by Gasteiger charge is -2.12. The van der Waals surface area contributed by atoms with E-state index in [4.69, 9.17) is 4.74 Å². The van der Waals surface area contributed by atoms with Crippen LogP contribution in [0.3, 0.4) is 0 Å². The van der Waals surface area contributed by atoms with Crippen LogP contribution in [0.25, 0.3) is 0 Å². The van der Waals surface area contributed by atoms with Gasteiger partial charge in [-0.1, -0.05) is 36.4 Å². The highest BCUT2D eigenvalue weighted by Crippen LogP contribution is 2.07. The van der Waals surface area contributed by atoms with Gasteiger partial charge in [0.2, 0.25) is 5.91 Å². The van der Waals surface area contributed by atoms with Gasteiger partial charge in [-0.15, -0.1) is 24.0 Å². The van der Waals surface area contributed by atoms with Gasteiger partial charge in [-0.25, -0.2) is 0 Å². The molecule has 25 heavy (non-hydrogen) atoms. The zero-order valence-corrected chi connectivity index (χ0v) is 16.4. The second-order valence-corrected chi connectivity index (χ2v) is 4.93. The molecule has 3 N–H and O–H groups in total. The molecule has 0 atom stereocenters. The molecular formula is C18H23IN4O2. The number of ether oxygens (including phenoxy) is 1. The van der Waals surface area contributed by atoms with Gasteiger partial charge in [-0.2, -0.15) is 0 Å². The molecule has 134 valence electrons. The van der Waals surface area contributed by atoms with E-state index in [1.807, 2.05) is 60.7 Å².